The molecule has 1 heterocycles. The second-order valence-corrected chi connectivity index (χ2v) is 4.85. The third-order valence-corrected chi connectivity index (χ3v) is 2.96. The van der Waals surface area contributed by atoms with Crippen molar-refractivity contribution in [2.45, 2.75) is 26.7 Å². The summed E-state index contributed by atoms with van der Waals surface area (Å²) in [4.78, 5) is 23.6. The molecule has 2 aromatic rings. The second-order valence-electron chi connectivity index (χ2n) is 4.85. The molecule has 0 atom stereocenters. The Morgan fingerprint density at radius 2 is 2.00 bits per heavy atom. The van der Waals surface area contributed by atoms with Crippen molar-refractivity contribution in [1.82, 2.24) is 5.16 Å². The zero-order valence-electron chi connectivity index (χ0n) is 12.6. The average molecular weight is 302 g/mol. The van der Waals surface area contributed by atoms with E-state index in [0.29, 0.717) is 23.6 Å². The first-order valence-corrected chi connectivity index (χ1v) is 7.12. The van der Waals surface area contributed by atoms with Crippen LogP contribution in [-0.2, 0) is 4.74 Å². The summed E-state index contributed by atoms with van der Waals surface area (Å²) < 4.78 is 9.99. The number of unbranched alkanes of at least 4 members (excludes halogenated alkanes) is 1. The summed E-state index contributed by atoms with van der Waals surface area (Å²) in [6.45, 7) is 4.18. The standard InChI is InChI=1S/C16H18N2O4/c1-3-4-9-21-16(20)12-5-7-13(8-6-12)17-15(19)14-10-11(2)18-22-14/h5-8,10H,3-4,9H2,1-2H3,(H,17,19). The Labute approximate surface area is 128 Å². The first-order valence-electron chi connectivity index (χ1n) is 7.12. The van der Waals surface area contributed by atoms with Crippen LogP contribution in [0.25, 0.3) is 0 Å². The van der Waals surface area contributed by atoms with E-state index in [1.807, 2.05) is 6.92 Å². The summed E-state index contributed by atoms with van der Waals surface area (Å²) in [5.41, 5.74) is 1.64. The number of aryl methyl sites for hydroxylation is 1. The molecule has 0 spiro atoms. The molecular weight excluding hydrogens is 284 g/mol. The summed E-state index contributed by atoms with van der Waals surface area (Å²) in [5, 5.41) is 6.32. The fourth-order valence-corrected chi connectivity index (χ4v) is 1.75. The molecule has 1 N–H and O–H groups in total. The number of hydrogen-bond acceptors (Lipinski definition) is 5. The van der Waals surface area contributed by atoms with Crippen LogP contribution in [0.5, 0.6) is 0 Å². The zero-order valence-corrected chi connectivity index (χ0v) is 12.6. The number of hydrogen-bond donors (Lipinski definition) is 1. The molecule has 6 heteroatoms. The lowest BCUT2D eigenvalue weighted by molar-refractivity contribution is 0.0499. The van der Waals surface area contributed by atoms with Gasteiger partial charge in [0.1, 0.15) is 0 Å². The van der Waals surface area contributed by atoms with Crippen LogP contribution in [0.3, 0.4) is 0 Å². The van der Waals surface area contributed by atoms with Crippen LogP contribution in [0.15, 0.2) is 34.9 Å². The Kier molecular flexibility index (Phi) is 5.30. The lowest BCUT2D eigenvalue weighted by atomic mass is 10.2. The number of esters is 1. The second kappa shape index (κ2) is 7.40. The van der Waals surface area contributed by atoms with Gasteiger partial charge in [-0.05, 0) is 37.6 Å². The highest BCUT2D eigenvalue weighted by atomic mass is 16.5. The molecule has 1 aromatic heterocycles. The van der Waals surface area contributed by atoms with Gasteiger partial charge in [0.15, 0.2) is 0 Å². The van der Waals surface area contributed by atoms with Gasteiger partial charge in [0.2, 0.25) is 5.76 Å². The van der Waals surface area contributed by atoms with Gasteiger partial charge in [-0.15, -0.1) is 0 Å². The first kappa shape index (κ1) is 15.8. The highest BCUT2D eigenvalue weighted by molar-refractivity contribution is 6.02. The van der Waals surface area contributed by atoms with Crippen molar-refractivity contribution in [2.75, 3.05) is 11.9 Å². The molecular formula is C16H18N2O4. The van der Waals surface area contributed by atoms with Crippen molar-refractivity contribution < 1.29 is 18.8 Å². The van der Waals surface area contributed by atoms with Crippen molar-refractivity contribution in [1.29, 1.82) is 0 Å². The summed E-state index contributed by atoms with van der Waals surface area (Å²) >= 11 is 0. The Morgan fingerprint density at radius 1 is 1.27 bits per heavy atom. The predicted octanol–water partition coefficient (Wildman–Crippen LogP) is 3.19. The molecule has 0 aliphatic rings. The molecule has 0 bridgehead atoms. The van der Waals surface area contributed by atoms with Crippen LogP contribution in [0.1, 0.15) is 46.4 Å². The number of ether oxygens (including phenoxy) is 1. The van der Waals surface area contributed by atoms with E-state index >= 15 is 0 Å². The normalized spacial score (nSPS) is 10.3. The van der Waals surface area contributed by atoms with Gasteiger partial charge in [-0.25, -0.2) is 4.79 Å². The summed E-state index contributed by atoms with van der Waals surface area (Å²) in [5.74, 6) is -0.614. The lowest BCUT2D eigenvalue weighted by Gasteiger charge is -2.06. The van der Waals surface area contributed by atoms with Crippen molar-refractivity contribution in [2.24, 2.45) is 0 Å². The third kappa shape index (κ3) is 4.18. The molecule has 1 amide bonds. The van der Waals surface area contributed by atoms with E-state index in [0.717, 1.165) is 12.8 Å². The molecule has 1 aromatic carbocycles. The summed E-state index contributed by atoms with van der Waals surface area (Å²) in [6.07, 6.45) is 1.82. The quantitative estimate of drug-likeness (QED) is 0.654. The first-order chi connectivity index (χ1) is 10.6. The van der Waals surface area contributed by atoms with Crippen LogP contribution in [0.2, 0.25) is 0 Å². The number of benzene rings is 1. The van der Waals surface area contributed by atoms with Crippen LogP contribution >= 0.6 is 0 Å². The molecule has 22 heavy (non-hydrogen) atoms. The van der Waals surface area contributed by atoms with Gasteiger partial charge >= 0.3 is 5.97 Å². The minimum absolute atomic E-state index is 0.139. The molecule has 0 saturated heterocycles. The maximum atomic E-state index is 11.9. The van der Waals surface area contributed by atoms with Crippen molar-refractivity contribution in [3.63, 3.8) is 0 Å². The van der Waals surface area contributed by atoms with Gasteiger partial charge in [0, 0.05) is 11.8 Å². The highest BCUT2D eigenvalue weighted by Gasteiger charge is 2.12. The number of aromatic nitrogens is 1. The molecule has 0 radical (unpaired) electrons. The molecule has 0 aliphatic carbocycles. The number of nitrogens with one attached hydrogen (secondary N) is 1. The number of rotatable bonds is 6. The molecule has 0 saturated carbocycles. The summed E-state index contributed by atoms with van der Waals surface area (Å²) in [7, 11) is 0. The summed E-state index contributed by atoms with van der Waals surface area (Å²) in [6, 6.07) is 8.04. The zero-order chi connectivity index (χ0) is 15.9. The highest BCUT2D eigenvalue weighted by Crippen LogP contribution is 2.13. The Morgan fingerprint density at radius 3 is 2.59 bits per heavy atom. The Hall–Kier alpha value is -2.63. The number of anilines is 1. The average Bonchev–Trinajstić information content (AvgIpc) is 2.95. The third-order valence-electron chi connectivity index (χ3n) is 2.96. The van der Waals surface area contributed by atoms with Crippen molar-refractivity contribution in [3.8, 4) is 0 Å². The van der Waals surface area contributed by atoms with E-state index in [1.165, 1.54) is 0 Å². The lowest BCUT2D eigenvalue weighted by Crippen LogP contribution is -2.11. The number of carbonyl (C=O) groups is 2. The van der Waals surface area contributed by atoms with Crippen LogP contribution < -0.4 is 5.32 Å². The predicted molar refractivity (Wildman–Crippen MR) is 80.8 cm³/mol. The van der Waals surface area contributed by atoms with Gasteiger partial charge < -0.3 is 14.6 Å². The molecule has 0 fully saturated rings. The minimum atomic E-state index is -0.390. The van der Waals surface area contributed by atoms with E-state index in [9.17, 15) is 9.59 Å². The fraction of sp³-hybridized carbons (Fsp3) is 0.312. The maximum Gasteiger partial charge on any atom is 0.338 e. The number of nitrogens with zero attached hydrogens (tertiary/aromatic N) is 1. The van der Waals surface area contributed by atoms with Crippen molar-refractivity contribution >= 4 is 17.6 Å². The van der Waals surface area contributed by atoms with Gasteiger partial charge in [-0.1, -0.05) is 18.5 Å². The smallest absolute Gasteiger partial charge is 0.338 e. The Balaban J connectivity index is 1.94. The molecule has 0 unspecified atom stereocenters. The van der Waals surface area contributed by atoms with E-state index in [2.05, 4.69) is 10.5 Å². The monoisotopic (exact) mass is 302 g/mol. The van der Waals surface area contributed by atoms with Crippen LogP contribution in [-0.4, -0.2) is 23.6 Å². The molecule has 2 rings (SSSR count). The molecule has 0 aliphatic heterocycles. The largest absolute Gasteiger partial charge is 0.462 e. The van der Waals surface area contributed by atoms with Gasteiger partial charge in [-0.2, -0.15) is 0 Å². The van der Waals surface area contributed by atoms with Gasteiger partial charge in [0.05, 0.1) is 17.9 Å². The number of amides is 1. The van der Waals surface area contributed by atoms with E-state index in [4.69, 9.17) is 9.26 Å². The van der Waals surface area contributed by atoms with Gasteiger partial charge in [0.25, 0.3) is 5.91 Å². The van der Waals surface area contributed by atoms with Gasteiger partial charge in [-0.3, -0.25) is 4.79 Å². The topological polar surface area (TPSA) is 81.4 Å². The van der Waals surface area contributed by atoms with Crippen molar-refractivity contribution in [3.05, 3.63) is 47.3 Å². The van der Waals surface area contributed by atoms with E-state index < -0.39 is 0 Å². The van der Waals surface area contributed by atoms with E-state index in [1.54, 1.807) is 37.3 Å². The maximum absolute atomic E-state index is 11.9. The van der Waals surface area contributed by atoms with Crippen LogP contribution in [0.4, 0.5) is 5.69 Å². The SMILES string of the molecule is CCCCOC(=O)c1ccc(NC(=O)c2cc(C)no2)cc1. The van der Waals surface area contributed by atoms with Crippen LogP contribution in [0, 0.1) is 6.92 Å². The molecule has 116 valence electrons. The minimum Gasteiger partial charge on any atom is -0.462 e. The Bertz CT molecular complexity index is 646. The number of carbonyl (C=O) groups excluding carboxylic acids is 2. The van der Waals surface area contributed by atoms with E-state index in [-0.39, 0.29) is 17.6 Å². The molecule has 6 nitrogen and oxygen atoms in total. The fourth-order valence-electron chi connectivity index (χ4n) is 1.75.